The lowest BCUT2D eigenvalue weighted by molar-refractivity contribution is 0.0526. The largest absolute Gasteiger partial charge is 0.462 e. The van der Waals surface area contributed by atoms with Gasteiger partial charge in [0.2, 0.25) is 0 Å². The molecular formula is C20H23N3O3. The third-order valence-electron chi connectivity index (χ3n) is 4.38. The zero-order valence-corrected chi connectivity index (χ0v) is 14.8. The van der Waals surface area contributed by atoms with E-state index in [1.807, 2.05) is 0 Å². The van der Waals surface area contributed by atoms with E-state index in [9.17, 15) is 9.59 Å². The number of pyridine rings is 1. The van der Waals surface area contributed by atoms with Crippen molar-refractivity contribution >= 4 is 23.4 Å². The Hall–Kier alpha value is -2.89. The van der Waals surface area contributed by atoms with Crippen LogP contribution in [0.2, 0.25) is 0 Å². The standard InChI is InChI=1S/C20H23N3O3/c1-2-26-20(25)14-7-9-17(10-8-14)23-19(24)15-11-12-21-18(13-15)22-16-5-3-4-6-16/h7-13,16H,2-6H2,1H3,(H,21,22)(H,23,24). The minimum atomic E-state index is -0.373. The van der Waals surface area contributed by atoms with E-state index in [1.54, 1.807) is 49.5 Å². The third kappa shape index (κ3) is 4.59. The van der Waals surface area contributed by atoms with E-state index in [2.05, 4.69) is 15.6 Å². The second-order valence-corrected chi connectivity index (χ2v) is 6.31. The number of nitrogens with one attached hydrogen (secondary N) is 2. The second-order valence-electron chi connectivity index (χ2n) is 6.31. The summed E-state index contributed by atoms with van der Waals surface area (Å²) in [7, 11) is 0. The van der Waals surface area contributed by atoms with E-state index in [1.165, 1.54) is 12.8 Å². The zero-order valence-electron chi connectivity index (χ0n) is 14.8. The summed E-state index contributed by atoms with van der Waals surface area (Å²) in [5.74, 6) is 0.134. The van der Waals surface area contributed by atoms with Gasteiger partial charge in [0, 0.05) is 23.5 Å². The smallest absolute Gasteiger partial charge is 0.338 e. The van der Waals surface area contributed by atoms with Gasteiger partial charge in [0.05, 0.1) is 12.2 Å². The van der Waals surface area contributed by atoms with Crippen LogP contribution in [0.5, 0.6) is 0 Å². The molecular weight excluding hydrogens is 330 g/mol. The molecule has 0 saturated heterocycles. The summed E-state index contributed by atoms with van der Waals surface area (Å²) in [5.41, 5.74) is 1.61. The number of rotatable bonds is 6. The summed E-state index contributed by atoms with van der Waals surface area (Å²) in [6, 6.07) is 10.5. The van der Waals surface area contributed by atoms with Gasteiger partial charge in [-0.15, -0.1) is 0 Å². The average Bonchev–Trinajstić information content (AvgIpc) is 3.16. The number of hydrogen-bond acceptors (Lipinski definition) is 5. The second kappa shape index (κ2) is 8.47. The van der Waals surface area contributed by atoms with E-state index in [4.69, 9.17) is 4.74 Å². The molecule has 1 aliphatic rings. The molecule has 1 fully saturated rings. The highest BCUT2D eigenvalue weighted by molar-refractivity contribution is 6.04. The molecule has 136 valence electrons. The first-order valence-corrected chi connectivity index (χ1v) is 8.97. The molecule has 0 atom stereocenters. The Kier molecular flexibility index (Phi) is 5.84. The molecule has 6 heteroatoms. The minimum Gasteiger partial charge on any atom is -0.462 e. The number of aromatic nitrogens is 1. The highest BCUT2D eigenvalue weighted by atomic mass is 16.5. The van der Waals surface area contributed by atoms with Crippen LogP contribution in [0.4, 0.5) is 11.5 Å². The van der Waals surface area contributed by atoms with E-state index in [0.29, 0.717) is 29.5 Å². The van der Waals surface area contributed by atoms with Gasteiger partial charge < -0.3 is 15.4 Å². The average molecular weight is 353 g/mol. The number of carbonyl (C=O) groups is 2. The van der Waals surface area contributed by atoms with Crippen molar-refractivity contribution in [1.82, 2.24) is 4.98 Å². The normalized spacial score (nSPS) is 14.0. The lowest BCUT2D eigenvalue weighted by Gasteiger charge is -2.13. The maximum Gasteiger partial charge on any atom is 0.338 e. The summed E-state index contributed by atoms with van der Waals surface area (Å²) >= 11 is 0. The van der Waals surface area contributed by atoms with E-state index >= 15 is 0 Å². The molecule has 0 spiro atoms. The number of esters is 1. The maximum atomic E-state index is 12.5. The van der Waals surface area contributed by atoms with Crippen molar-refractivity contribution in [2.45, 2.75) is 38.6 Å². The zero-order chi connectivity index (χ0) is 18.4. The predicted octanol–water partition coefficient (Wildman–Crippen LogP) is 3.87. The molecule has 0 bridgehead atoms. The van der Waals surface area contributed by atoms with Crippen LogP contribution in [0.25, 0.3) is 0 Å². The van der Waals surface area contributed by atoms with Crippen molar-refractivity contribution in [1.29, 1.82) is 0 Å². The summed E-state index contributed by atoms with van der Waals surface area (Å²) in [6.07, 6.45) is 6.39. The SMILES string of the molecule is CCOC(=O)c1ccc(NC(=O)c2ccnc(NC3CCCC3)c2)cc1. The molecule has 0 aliphatic heterocycles. The van der Waals surface area contributed by atoms with Crippen molar-refractivity contribution < 1.29 is 14.3 Å². The molecule has 26 heavy (non-hydrogen) atoms. The van der Waals surface area contributed by atoms with Crippen molar-refractivity contribution in [2.75, 3.05) is 17.2 Å². The van der Waals surface area contributed by atoms with Crippen LogP contribution < -0.4 is 10.6 Å². The quantitative estimate of drug-likeness (QED) is 0.771. The minimum absolute atomic E-state index is 0.217. The summed E-state index contributed by atoms with van der Waals surface area (Å²) in [5, 5.41) is 6.22. The molecule has 1 amide bonds. The van der Waals surface area contributed by atoms with Crippen LogP contribution in [0.15, 0.2) is 42.6 Å². The molecule has 6 nitrogen and oxygen atoms in total. The summed E-state index contributed by atoms with van der Waals surface area (Å²) < 4.78 is 4.95. The van der Waals surface area contributed by atoms with E-state index in [-0.39, 0.29) is 11.9 Å². The first-order valence-electron chi connectivity index (χ1n) is 8.97. The Labute approximate surface area is 153 Å². The predicted molar refractivity (Wildman–Crippen MR) is 100 cm³/mol. The van der Waals surface area contributed by atoms with Crippen LogP contribution in [-0.2, 0) is 4.74 Å². The van der Waals surface area contributed by atoms with Gasteiger partial charge in [-0.25, -0.2) is 9.78 Å². The molecule has 2 N–H and O–H groups in total. The fourth-order valence-corrected chi connectivity index (χ4v) is 3.04. The summed E-state index contributed by atoms with van der Waals surface area (Å²) in [6.45, 7) is 2.09. The number of amides is 1. The number of ether oxygens (including phenoxy) is 1. The molecule has 0 unspecified atom stereocenters. The first kappa shape index (κ1) is 17.9. The Balaban J connectivity index is 1.63. The van der Waals surface area contributed by atoms with Crippen LogP contribution in [-0.4, -0.2) is 29.5 Å². The number of anilines is 2. The lowest BCUT2D eigenvalue weighted by atomic mass is 10.2. The fourth-order valence-electron chi connectivity index (χ4n) is 3.04. The third-order valence-corrected chi connectivity index (χ3v) is 4.38. The van der Waals surface area contributed by atoms with Gasteiger partial charge in [-0.05, 0) is 56.2 Å². The van der Waals surface area contributed by atoms with E-state index < -0.39 is 0 Å². The van der Waals surface area contributed by atoms with Gasteiger partial charge in [-0.2, -0.15) is 0 Å². The van der Waals surface area contributed by atoms with Gasteiger partial charge >= 0.3 is 5.97 Å². The molecule has 2 aromatic rings. The topological polar surface area (TPSA) is 80.3 Å². The summed E-state index contributed by atoms with van der Waals surface area (Å²) in [4.78, 5) is 28.4. The van der Waals surface area contributed by atoms with Crippen LogP contribution >= 0.6 is 0 Å². The fraction of sp³-hybridized carbons (Fsp3) is 0.350. The van der Waals surface area contributed by atoms with Gasteiger partial charge in [0.15, 0.2) is 0 Å². The molecule has 0 radical (unpaired) electrons. The Bertz CT molecular complexity index is 768. The van der Waals surface area contributed by atoms with E-state index in [0.717, 1.165) is 18.7 Å². The van der Waals surface area contributed by atoms with Gasteiger partial charge in [0.1, 0.15) is 5.82 Å². The molecule has 1 heterocycles. The maximum absolute atomic E-state index is 12.5. The number of nitrogens with zero attached hydrogens (tertiary/aromatic N) is 1. The first-order chi connectivity index (χ1) is 12.7. The van der Waals surface area contributed by atoms with Crippen LogP contribution in [0.1, 0.15) is 53.3 Å². The van der Waals surface area contributed by atoms with Gasteiger partial charge in [0.25, 0.3) is 5.91 Å². The highest BCUT2D eigenvalue weighted by Crippen LogP contribution is 2.22. The van der Waals surface area contributed by atoms with Crippen molar-refractivity contribution in [3.05, 3.63) is 53.7 Å². The Morgan fingerprint density at radius 2 is 1.85 bits per heavy atom. The molecule has 1 saturated carbocycles. The monoisotopic (exact) mass is 353 g/mol. The van der Waals surface area contributed by atoms with Crippen molar-refractivity contribution in [3.8, 4) is 0 Å². The number of carbonyl (C=O) groups excluding carboxylic acids is 2. The molecule has 3 rings (SSSR count). The van der Waals surface area contributed by atoms with Crippen LogP contribution in [0.3, 0.4) is 0 Å². The Morgan fingerprint density at radius 1 is 1.12 bits per heavy atom. The van der Waals surface area contributed by atoms with Crippen molar-refractivity contribution in [2.24, 2.45) is 0 Å². The molecule has 1 aliphatic carbocycles. The van der Waals surface area contributed by atoms with Crippen LogP contribution in [0, 0.1) is 0 Å². The van der Waals surface area contributed by atoms with Gasteiger partial charge in [-0.1, -0.05) is 12.8 Å². The van der Waals surface area contributed by atoms with Crippen molar-refractivity contribution in [3.63, 3.8) is 0 Å². The molecule has 1 aromatic carbocycles. The number of hydrogen-bond donors (Lipinski definition) is 2. The molecule has 1 aromatic heterocycles. The Morgan fingerprint density at radius 3 is 2.54 bits per heavy atom. The number of benzene rings is 1. The van der Waals surface area contributed by atoms with Gasteiger partial charge in [-0.3, -0.25) is 4.79 Å². The lowest BCUT2D eigenvalue weighted by Crippen LogP contribution is -2.17. The highest BCUT2D eigenvalue weighted by Gasteiger charge is 2.16.